The van der Waals surface area contributed by atoms with Crippen molar-refractivity contribution in [1.29, 1.82) is 0 Å². The molecule has 114 valence electrons. The van der Waals surface area contributed by atoms with E-state index in [0.717, 1.165) is 18.9 Å². The molecule has 0 aliphatic heterocycles. The van der Waals surface area contributed by atoms with Gasteiger partial charge in [-0.3, -0.25) is 0 Å². The average molecular weight is 278 g/mol. The topological polar surface area (TPSA) is 37.3 Å². The molecule has 0 spiro atoms. The monoisotopic (exact) mass is 278 g/mol. The molecule has 0 rings (SSSR count). The van der Waals surface area contributed by atoms with E-state index in [1.807, 2.05) is 12.2 Å². The lowest BCUT2D eigenvalue weighted by Gasteiger charge is -2.00. The van der Waals surface area contributed by atoms with Gasteiger partial charge in [-0.15, -0.1) is 0 Å². The molecule has 0 aromatic heterocycles. The lowest BCUT2D eigenvalue weighted by molar-refractivity contribution is -0.131. The van der Waals surface area contributed by atoms with Crippen LogP contribution in [0.3, 0.4) is 0 Å². The van der Waals surface area contributed by atoms with Crippen LogP contribution in [0.15, 0.2) is 36.5 Å². The Morgan fingerprint density at radius 3 is 1.90 bits per heavy atom. The number of hydrogen-bond donors (Lipinski definition) is 1. The number of carboxylic acid groups (broad SMARTS) is 1. The maximum atomic E-state index is 10.2. The molecule has 0 heterocycles. The van der Waals surface area contributed by atoms with Gasteiger partial charge in [0.15, 0.2) is 0 Å². The minimum atomic E-state index is -0.889. The van der Waals surface area contributed by atoms with Gasteiger partial charge in [0.1, 0.15) is 0 Å². The summed E-state index contributed by atoms with van der Waals surface area (Å²) in [5.41, 5.74) is 0. The Morgan fingerprint density at radius 1 is 0.800 bits per heavy atom. The number of rotatable bonds is 13. The normalized spacial score (nSPS) is 12.1. The predicted molar refractivity (Wildman–Crippen MR) is 86.9 cm³/mol. The van der Waals surface area contributed by atoms with E-state index in [4.69, 9.17) is 5.11 Å². The predicted octanol–water partition coefficient (Wildman–Crippen LogP) is 5.66. The Bertz CT molecular complexity index is 301. The van der Waals surface area contributed by atoms with Crippen molar-refractivity contribution in [3.63, 3.8) is 0 Å². The molecule has 0 bridgehead atoms. The van der Waals surface area contributed by atoms with Gasteiger partial charge in [0.25, 0.3) is 0 Å². The second-order valence-electron chi connectivity index (χ2n) is 5.06. The summed E-state index contributed by atoms with van der Waals surface area (Å²) in [4.78, 5) is 10.2. The fourth-order valence-electron chi connectivity index (χ4n) is 2.01. The first-order valence-electron chi connectivity index (χ1n) is 7.98. The van der Waals surface area contributed by atoms with E-state index in [-0.39, 0.29) is 0 Å². The summed E-state index contributed by atoms with van der Waals surface area (Å²) < 4.78 is 0. The van der Waals surface area contributed by atoms with Crippen molar-refractivity contribution >= 4 is 5.97 Å². The van der Waals surface area contributed by atoms with Crippen LogP contribution in [0.5, 0.6) is 0 Å². The van der Waals surface area contributed by atoms with Crippen LogP contribution in [-0.2, 0) is 4.79 Å². The van der Waals surface area contributed by atoms with Crippen molar-refractivity contribution in [1.82, 2.24) is 0 Å². The Labute approximate surface area is 124 Å². The van der Waals surface area contributed by atoms with E-state index >= 15 is 0 Å². The van der Waals surface area contributed by atoms with Crippen LogP contribution < -0.4 is 0 Å². The van der Waals surface area contributed by atoms with E-state index in [9.17, 15) is 4.79 Å². The van der Waals surface area contributed by atoms with Gasteiger partial charge in [-0.25, -0.2) is 4.79 Å². The lowest BCUT2D eigenvalue weighted by atomic mass is 10.1. The summed E-state index contributed by atoms with van der Waals surface area (Å²) in [6, 6.07) is 0. The van der Waals surface area contributed by atoms with Crippen molar-refractivity contribution in [2.75, 3.05) is 0 Å². The van der Waals surface area contributed by atoms with E-state index < -0.39 is 5.97 Å². The number of carboxylic acids is 1. The molecule has 0 amide bonds. The van der Waals surface area contributed by atoms with Gasteiger partial charge >= 0.3 is 5.97 Å². The fourth-order valence-corrected chi connectivity index (χ4v) is 2.01. The van der Waals surface area contributed by atoms with Crippen molar-refractivity contribution in [2.45, 2.75) is 71.1 Å². The molecule has 0 radical (unpaired) electrons. The first kappa shape index (κ1) is 18.7. The van der Waals surface area contributed by atoms with Crippen LogP contribution >= 0.6 is 0 Å². The van der Waals surface area contributed by atoms with E-state index in [0.29, 0.717) is 0 Å². The molecule has 0 fully saturated rings. The molecule has 0 saturated carbocycles. The third-order valence-corrected chi connectivity index (χ3v) is 3.13. The number of aliphatic carboxylic acids is 1. The number of carbonyl (C=O) groups is 1. The Balaban J connectivity index is 3.17. The maximum Gasteiger partial charge on any atom is 0.328 e. The average Bonchev–Trinajstić information content (AvgIpc) is 2.43. The third kappa shape index (κ3) is 16.7. The smallest absolute Gasteiger partial charge is 0.328 e. The zero-order valence-corrected chi connectivity index (χ0v) is 12.9. The van der Waals surface area contributed by atoms with Crippen LogP contribution in [0.25, 0.3) is 0 Å². The van der Waals surface area contributed by atoms with Crippen molar-refractivity contribution < 1.29 is 9.90 Å². The number of hydrogen-bond acceptors (Lipinski definition) is 1. The molecule has 1 N–H and O–H groups in total. The van der Waals surface area contributed by atoms with Crippen LogP contribution in [0.1, 0.15) is 71.1 Å². The van der Waals surface area contributed by atoms with Crippen LogP contribution in [0.4, 0.5) is 0 Å². The molecular weight excluding hydrogens is 248 g/mol. The fraction of sp³-hybridized carbons (Fsp3) is 0.611. The van der Waals surface area contributed by atoms with Gasteiger partial charge in [0.05, 0.1) is 0 Å². The molecule has 20 heavy (non-hydrogen) atoms. The number of unbranched alkanes of at least 4 members (excludes halogenated alkanes) is 8. The molecular formula is C18H30O2. The highest BCUT2D eigenvalue weighted by atomic mass is 16.4. The Hall–Kier alpha value is -1.31. The molecule has 0 saturated heterocycles. The summed E-state index contributed by atoms with van der Waals surface area (Å²) in [7, 11) is 0. The van der Waals surface area contributed by atoms with Gasteiger partial charge in [0.2, 0.25) is 0 Å². The van der Waals surface area contributed by atoms with Gasteiger partial charge in [-0.1, -0.05) is 69.4 Å². The molecule has 0 unspecified atom stereocenters. The van der Waals surface area contributed by atoms with Crippen molar-refractivity contribution in [2.24, 2.45) is 0 Å². The standard InChI is InChI=1S/C18H30O2/c1-2-3-4-5-6-7-8-9-10-11-12-13-14-15-16-17-18(19)20/h3-4,14-17H,2,5-13H2,1H3,(H,19,20). The van der Waals surface area contributed by atoms with Crippen LogP contribution in [0, 0.1) is 0 Å². The first-order valence-corrected chi connectivity index (χ1v) is 7.98. The second-order valence-corrected chi connectivity index (χ2v) is 5.06. The SMILES string of the molecule is CCC=CCCCCCCCCCC=CC=CC(=O)O. The largest absolute Gasteiger partial charge is 0.478 e. The molecule has 0 atom stereocenters. The first-order chi connectivity index (χ1) is 9.77. The Morgan fingerprint density at radius 2 is 1.35 bits per heavy atom. The molecule has 0 aromatic carbocycles. The minimum Gasteiger partial charge on any atom is -0.478 e. The third-order valence-electron chi connectivity index (χ3n) is 3.13. The second kappa shape index (κ2) is 15.7. The zero-order valence-electron chi connectivity index (χ0n) is 12.9. The highest BCUT2D eigenvalue weighted by Gasteiger charge is 1.90. The number of allylic oxidation sites excluding steroid dienone is 5. The van der Waals surface area contributed by atoms with E-state index in [2.05, 4.69) is 19.1 Å². The zero-order chi connectivity index (χ0) is 14.9. The lowest BCUT2D eigenvalue weighted by Crippen LogP contribution is -1.84. The Kier molecular flexibility index (Phi) is 14.7. The quantitative estimate of drug-likeness (QED) is 0.204. The van der Waals surface area contributed by atoms with E-state index in [1.165, 1.54) is 51.4 Å². The molecule has 2 heteroatoms. The highest BCUT2D eigenvalue weighted by molar-refractivity contribution is 5.80. The van der Waals surface area contributed by atoms with Crippen LogP contribution in [0.2, 0.25) is 0 Å². The highest BCUT2D eigenvalue weighted by Crippen LogP contribution is 2.10. The molecule has 0 aliphatic carbocycles. The van der Waals surface area contributed by atoms with Crippen molar-refractivity contribution in [3.05, 3.63) is 36.5 Å². The summed E-state index contributed by atoms with van der Waals surface area (Å²) in [5, 5.41) is 8.39. The van der Waals surface area contributed by atoms with Gasteiger partial charge < -0.3 is 5.11 Å². The summed E-state index contributed by atoms with van der Waals surface area (Å²) in [6.45, 7) is 2.17. The van der Waals surface area contributed by atoms with Gasteiger partial charge in [-0.05, 0) is 32.1 Å². The van der Waals surface area contributed by atoms with E-state index in [1.54, 1.807) is 6.08 Å². The van der Waals surface area contributed by atoms with Crippen molar-refractivity contribution in [3.8, 4) is 0 Å². The summed E-state index contributed by atoms with van der Waals surface area (Å²) >= 11 is 0. The van der Waals surface area contributed by atoms with Crippen LogP contribution in [-0.4, -0.2) is 11.1 Å². The summed E-state index contributed by atoms with van der Waals surface area (Å²) in [5.74, 6) is -0.889. The minimum absolute atomic E-state index is 0.889. The molecule has 0 aromatic rings. The molecule has 2 nitrogen and oxygen atoms in total. The maximum absolute atomic E-state index is 10.2. The van der Waals surface area contributed by atoms with Gasteiger partial charge in [-0.2, -0.15) is 0 Å². The molecule has 0 aliphatic rings. The van der Waals surface area contributed by atoms with Gasteiger partial charge in [0, 0.05) is 6.08 Å². The summed E-state index contributed by atoms with van der Waals surface area (Å²) in [6.07, 6.45) is 23.8.